The average molecular weight is 464 g/mol. The molecule has 31 heavy (non-hydrogen) atoms. The van der Waals surface area contributed by atoms with Gasteiger partial charge in [-0.3, -0.25) is 9.52 Å². The highest BCUT2D eigenvalue weighted by molar-refractivity contribution is 7.92. The summed E-state index contributed by atoms with van der Waals surface area (Å²) >= 11 is 6.32. The molecule has 3 rings (SSSR count). The number of nitrogens with one attached hydrogen (secondary N) is 1. The molecule has 1 N–H and O–H groups in total. The Bertz CT molecular complexity index is 1030. The third-order valence-electron chi connectivity index (χ3n) is 5.85. The van der Waals surface area contributed by atoms with Crippen molar-refractivity contribution in [3.8, 4) is 0 Å². The van der Waals surface area contributed by atoms with Crippen LogP contribution in [0.2, 0.25) is 5.02 Å². The molecule has 0 radical (unpaired) electrons. The second kappa shape index (κ2) is 10.0. The molecule has 1 aliphatic carbocycles. The molecule has 2 aromatic rings. The number of aryl methyl sites for hydroxylation is 1. The number of ether oxygens (including phenoxy) is 1. The molecule has 0 bridgehead atoms. The molecule has 0 unspecified atom stereocenters. The summed E-state index contributed by atoms with van der Waals surface area (Å²) in [6, 6.07) is 13.1. The Morgan fingerprint density at radius 1 is 1.10 bits per heavy atom. The van der Waals surface area contributed by atoms with Gasteiger partial charge in [0.15, 0.2) is 0 Å². The predicted octanol–water partition coefficient (Wildman–Crippen LogP) is 5.49. The number of esters is 1. The fourth-order valence-electron chi connectivity index (χ4n) is 4.30. The summed E-state index contributed by atoms with van der Waals surface area (Å²) in [5.74, 6) is -0.668. The van der Waals surface area contributed by atoms with Crippen molar-refractivity contribution < 1.29 is 17.9 Å². The van der Waals surface area contributed by atoms with Gasteiger partial charge in [-0.05, 0) is 49.9 Å². The number of rotatable bonds is 8. The van der Waals surface area contributed by atoms with Crippen molar-refractivity contribution in [3.63, 3.8) is 0 Å². The molecule has 2 aromatic carbocycles. The molecule has 7 heteroatoms. The maximum atomic E-state index is 13.2. The van der Waals surface area contributed by atoms with Gasteiger partial charge in [0.2, 0.25) is 10.0 Å². The fourth-order valence-corrected chi connectivity index (χ4v) is 6.25. The first kappa shape index (κ1) is 23.6. The summed E-state index contributed by atoms with van der Waals surface area (Å²) < 4.78 is 34.4. The summed E-state index contributed by atoms with van der Waals surface area (Å²) in [4.78, 5) is 12.7. The molecule has 0 heterocycles. The molecular formula is C24H30ClNO4S. The summed E-state index contributed by atoms with van der Waals surface area (Å²) in [5, 5.41) is 0.640. The van der Waals surface area contributed by atoms with E-state index in [1.165, 1.54) is 0 Å². The molecule has 1 fully saturated rings. The lowest BCUT2D eigenvalue weighted by Crippen LogP contribution is -2.42. The zero-order valence-electron chi connectivity index (χ0n) is 18.1. The molecule has 0 amide bonds. The monoisotopic (exact) mass is 463 g/mol. The summed E-state index contributed by atoms with van der Waals surface area (Å²) in [7, 11) is -3.78. The van der Waals surface area contributed by atoms with Crippen LogP contribution in [-0.2, 0) is 26.0 Å². The number of halogens is 1. The van der Waals surface area contributed by atoms with Gasteiger partial charge in [-0.2, -0.15) is 0 Å². The maximum absolute atomic E-state index is 13.2. The minimum Gasteiger partial charge on any atom is -0.466 e. The molecular weight excluding hydrogens is 434 g/mol. The Kier molecular flexibility index (Phi) is 7.65. The quantitative estimate of drug-likeness (QED) is 0.525. The third kappa shape index (κ3) is 6.01. The van der Waals surface area contributed by atoms with Gasteiger partial charge < -0.3 is 4.74 Å². The predicted molar refractivity (Wildman–Crippen MR) is 125 cm³/mol. The van der Waals surface area contributed by atoms with Crippen LogP contribution in [0.3, 0.4) is 0 Å². The van der Waals surface area contributed by atoms with Gasteiger partial charge in [0.1, 0.15) is 0 Å². The van der Waals surface area contributed by atoms with Crippen molar-refractivity contribution >= 4 is 33.3 Å². The number of carbonyl (C=O) groups excluding carboxylic acids is 1. The van der Waals surface area contributed by atoms with Gasteiger partial charge in [0, 0.05) is 11.4 Å². The molecule has 1 saturated carbocycles. The number of carbonyl (C=O) groups is 1. The summed E-state index contributed by atoms with van der Waals surface area (Å²) in [6.07, 6.45) is 4.24. The molecule has 1 aliphatic rings. The van der Waals surface area contributed by atoms with Crippen LogP contribution in [0.4, 0.5) is 5.69 Å². The fraction of sp³-hybridized carbons (Fsp3) is 0.458. The number of anilines is 1. The first-order chi connectivity index (χ1) is 14.7. The van der Waals surface area contributed by atoms with Gasteiger partial charge >= 0.3 is 5.97 Å². The van der Waals surface area contributed by atoms with E-state index in [1.807, 2.05) is 43.3 Å². The van der Waals surface area contributed by atoms with Crippen LogP contribution < -0.4 is 4.72 Å². The first-order valence-corrected chi connectivity index (χ1v) is 12.8. The molecule has 5 nitrogen and oxygen atoms in total. The highest BCUT2D eigenvalue weighted by Crippen LogP contribution is 2.39. The Hall–Kier alpha value is -2.05. The highest BCUT2D eigenvalue weighted by Gasteiger charge is 2.44. The minimum absolute atomic E-state index is 0.244. The first-order valence-electron chi connectivity index (χ1n) is 10.8. The second-order valence-corrected chi connectivity index (χ2v) is 10.5. The molecule has 0 spiro atoms. The van der Waals surface area contributed by atoms with Crippen LogP contribution in [-0.4, -0.2) is 26.7 Å². The summed E-state index contributed by atoms with van der Waals surface area (Å²) in [5.41, 5.74) is 2.32. The number of sulfonamides is 1. The number of hydrogen-bond acceptors (Lipinski definition) is 4. The van der Waals surface area contributed by atoms with Crippen molar-refractivity contribution in [1.82, 2.24) is 0 Å². The van der Waals surface area contributed by atoms with Crippen LogP contribution in [0.25, 0.3) is 0 Å². The van der Waals surface area contributed by atoms with Gasteiger partial charge in [0.05, 0.1) is 23.5 Å². The number of benzene rings is 2. The Morgan fingerprint density at radius 3 is 2.48 bits per heavy atom. The van der Waals surface area contributed by atoms with E-state index >= 15 is 0 Å². The largest absolute Gasteiger partial charge is 0.466 e. The Labute approximate surface area is 190 Å². The Balaban J connectivity index is 1.87. The zero-order chi connectivity index (χ0) is 22.5. The Morgan fingerprint density at radius 2 is 1.81 bits per heavy atom. The van der Waals surface area contributed by atoms with Crippen LogP contribution in [0.5, 0.6) is 0 Å². The van der Waals surface area contributed by atoms with Crippen LogP contribution in [0.15, 0.2) is 42.5 Å². The minimum atomic E-state index is -3.78. The van der Waals surface area contributed by atoms with Crippen molar-refractivity contribution in [2.45, 2.75) is 52.4 Å². The average Bonchev–Trinajstić information content (AvgIpc) is 2.72. The second-order valence-electron chi connectivity index (χ2n) is 8.35. The van der Waals surface area contributed by atoms with E-state index in [0.717, 1.165) is 36.0 Å². The van der Waals surface area contributed by atoms with Gasteiger partial charge in [-0.15, -0.1) is 0 Å². The summed E-state index contributed by atoms with van der Waals surface area (Å²) in [6.45, 7) is 3.95. The van der Waals surface area contributed by atoms with Crippen molar-refractivity contribution in [2.75, 3.05) is 17.1 Å². The normalized spacial score (nSPS) is 16.0. The van der Waals surface area contributed by atoms with Gasteiger partial charge in [-0.25, -0.2) is 8.42 Å². The van der Waals surface area contributed by atoms with Crippen LogP contribution >= 0.6 is 11.6 Å². The van der Waals surface area contributed by atoms with E-state index < -0.39 is 21.4 Å². The smallest absolute Gasteiger partial charge is 0.313 e. The van der Waals surface area contributed by atoms with E-state index in [4.69, 9.17) is 16.3 Å². The van der Waals surface area contributed by atoms with E-state index in [-0.39, 0.29) is 12.4 Å². The highest BCUT2D eigenvalue weighted by atomic mass is 35.5. The lowest BCUT2D eigenvalue weighted by molar-refractivity contribution is -0.156. The van der Waals surface area contributed by atoms with E-state index in [1.54, 1.807) is 13.0 Å². The van der Waals surface area contributed by atoms with E-state index in [9.17, 15) is 13.2 Å². The molecule has 0 saturated heterocycles. The van der Waals surface area contributed by atoms with Crippen LogP contribution in [0, 0.1) is 12.3 Å². The zero-order valence-corrected chi connectivity index (χ0v) is 19.7. The van der Waals surface area contributed by atoms with Crippen molar-refractivity contribution in [2.24, 2.45) is 5.41 Å². The number of hydrogen-bond donors (Lipinski definition) is 1. The molecule has 0 aromatic heterocycles. The standard InChI is InChI=1S/C24H30ClNO4S/c1-3-30-23(27)24(13-7-4-8-14-24)17-31(28,29)26-22-12-11-18(2)15-20(22)16-19-9-5-6-10-21(19)25/h5-6,9-12,15,26H,3-4,7-8,13-14,16-17H2,1-2H3. The van der Waals surface area contributed by atoms with Crippen molar-refractivity contribution in [1.29, 1.82) is 0 Å². The molecule has 0 aliphatic heterocycles. The maximum Gasteiger partial charge on any atom is 0.313 e. The lowest BCUT2D eigenvalue weighted by atomic mass is 9.75. The molecule has 168 valence electrons. The topological polar surface area (TPSA) is 72.5 Å². The van der Waals surface area contributed by atoms with Gasteiger partial charge in [-0.1, -0.05) is 66.8 Å². The molecule has 0 atom stereocenters. The lowest BCUT2D eigenvalue weighted by Gasteiger charge is -2.34. The van der Waals surface area contributed by atoms with Crippen LogP contribution in [0.1, 0.15) is 55.7 Å². The SMILES string of the molecule is CCOC(=O)C1(CS(=O)(=O)Nc2ccc(C)cc2Cc2ccccc2Cl)CCCCC1. The van der Waals surface area contributed by atoms with E-state index in [2.05, 4.69) is 4.72 Å². The van der Waals surface area contributed by atoms with E-state index in [0.29, 0.717) is 30.0 Å². The van der Waals surface area contributed by atoms with Gasteiger partial charge in [0.25, 0.3) is 0 Å². The van der Waals surface area contributed by atoms with Crippen molar-refractivity contribution in [3.05, 3.63) is 64.2 Å². The third-order valence-corrected chi connectivity index (χ3v) is 7.68.